The van der Waals surface area contributed by atoms with E-state index in [9.17, 15) is 32.3 Å². The van der Waals surface area contributed by atoms with Gasteiger partial charge in [-0.1, -0.05) is 11.6 Å². The summed E-state index contributed by atoms with van der Waals surface area (Å²) in [5.74, 6) is -2.02. The Bertz CT molecular complexity index is 1150. The molecule has 0 saturated heterocycles. The van der Waals surface area contributed by atoms with Crippen molar-refractivity contribution < 1.29 is 32.3 Å². The standard InChI is InChI=1S/C21H19ClF4N4O3S2/c1-10(17(32)30-14(2-3-21(24,25)26)16(31)20-27-4-5-34-20)29-18(33)15-9-28-19(35-15)11-6-12(22)8-13(23)7-11/h4-10,14,16,31H,2-3H2,1H3,(H,29,33)(H,30,32)/t10-,14-,16?/m0/s1. The van der Waals surface area contributed by atoms with Crippen LogP contribution in [-0.4, -0.2) is 45.1 Å². The van der Waals surface area contributed by atoms with Crippen LogP contribution in [-0.2, 0) is 4.79 Å². The molecule has 0 radical (unpaired) electrons. The normalized spacial score (nSPS) is 14.3. The summed E-state index contributed by atoms with van der Waals surface area (Å²) in [6.07, 6.45) is -5.11. The van der Waals surface area contributed by atoms with Crippen LogP contribution in [0, 0.1) is 5.82 Å². The largest absolute Gasteiger partial charge is 0.389 e. The van der Waals surface area contributed by atoms with Crippen molar-refractivity contribution in [2.45, 2.75) is 44.1 Å². The number of benzene rings is 1. The molecular formula is C21H19ClF4N4O3S2. The summed E-state index contributed by atoms with van der Waals surface area (Å²) < 4.78 is 51.8. The summed E-state index contributed by atoms with van der Waals surface area (Å²) >= 11 is 7.82. The number of aliphatic hydroxyl groups excluding tert-OH is 1. The van der Waals surface area contributed by atoms with Gasteiger partial charge in [-0.15, -0.1) is 22.7 Å². The fourth-order valence-electron chi connectivity index (χ4n) is 3.01. The summed E-state index contributed by atoms with van der Waals surface area (Å²) in [5, 5.41) is 17.4. The van der Waals surface area contributed by atoms with E-state index in [1.807, 2.05) is 0 Å². The van der Waals surface area contributed by atoms with Crippen LogP contribution in [0.3, 0.4) is 0 Å². The van der Waals surface area contributed by atoms with E-state index >= 15 is 0 Å². The van der Waals surface area contributed by atoms with Crippen LogP contribution >= 0.6 is 34.3 Å². The van der Waals surface area contributed by atoms with Gasteiger partial charge in [-0.3, -0.25) is 9.59 Å². The summed E-state index contributed by atoms with van der Waals surface area (Å²) in [4.78, 5) is 33.3. The van der Waals surface area contributed by atoms with Crippen LogP contribution in [0.1, 0.15) is 40.5 Å². The van der Waals surface area contributed by atoms with Crippen LogP contribution in [0.25, 0.3) is 10.6 Å². The van der Waals surface area contributed by atoms with Gasteiger partial charge in [0.1, 0.15) is 32.9 Å². The summed E-state index contributed by atoms with van der Waals surface area (Å²) in [6.45, 7) is 1.35. The molecule has 35 heavy (non-hydrogen) atoms. The second-order valence-electron chi connectivity index (χ2n) is 7.47. The van der Waals surface area contributed by atoms with E-state index in [1.165, 1.54) is 31.5 Å². The highest BCUT2D eigenvalue weighted by molar-refractivity contribution is 7.16. The average Bonchev–Trinajstić information content (AvgIpc) is 3.47. The third-order valence-corrected chi connectivity index (χ3v) is 6.84. The van der Waals surface area contributed by atoms with Crippen molar-refractivity contribution in [3.63, 3.8) is 0 Å². The molecular weight excluding hydrogens is 532 g/mol. The maximum atomic E-state index is 13.6. The second kappa shape index (κ2) is 11.4. The zero-order chi connectivity index (χ0) is 25.8. The number of halogens is 5. The fourth-order valence-corrected chi connectivity index (χ4v) is 4.73. The van der Waals surface area contributed by atoms with Crippen molar-refractivity contribution >= 4 is 46.1 Å². The van der Waals surface area contributed by atoms with Gasteiger partial charge in [0.2, 0.25) is 5.91 Å². The van der Waals surface area contributed by atoms with Crippen molar-refractivity contribution in [3.05, 3.63) is 56.7 Å². The highest BCUT2D eigenvalue weighted by Crippen LogP contribution is 2.29. The van der Waals surface area contributed by atoms with E-state index in [0.717, 1.165) is 28.7 Å². The Morgan fingerprint density at radius 2 is 1.94 bits per heavy atom. The summed E-state index contributed by atoms with van der Waals surface area (Å²) in [6, 6.07) is 1.39. The molecule has 0 aliphatic heterocycles. The van der Waals surface area contributed by atoms with E-state index in [1.54, 1.807) is 5.38 Å². The molecule has 14 heteroatoms. The quantitative estimate of drug-likeness (QED) is 0.334. The van der Waals surface area contributed by atoms with Crippen molar-refractivity contribution in [1.29, 1.82) is 0 Å². The van der Waals surface area contributed by atoms with Gasteiger partial charge in [0.15, 0.2) is 0 Å². The fraction of sp³-hybridized carbons (Fsp3) is 0.333. The number of aromatic nitrogens is 2. The van der Waals surface area contributed by atoms with Crippen LogP contribution in [0.15, 0.2) is 36.0 Å². The SMILES string of the molecule is C[C@H](NC(=O)c1cnc(-c2cc(F)cc(Cl)c2)s1)C(=O)N[C@@H](CCC(F)(F)F)C(O)c1nccs1. The van der Waals surface area contributed by atoms with E-state index in [2.05, 4.69) is 20.6 Å². The Kier molecular flexibility index (Phi) is 8.80. The number of carbonyl (C=O) groups excluding carboxylic acids is 2. The van der Waals surface area contributed by atoms with E-state index < -0.39 is 54.8 Å². The lowest BCUT2D eigenvalue weighted by Gasteiger charge is -2.25. The zero-order valence-electron chi connectivity index (χ0n) is 18.0. The number of aliphatic hydroxyl groups is 1. The van der Waals surface area contributed by atoms with Crippen molar-refractivity contribution in [2.75, 3.05) is 0 Å². The number of amides is 2. The first-order chi connectivity index (χ1) is 16.4. The number of nitrogens with zero attached hydrogens (tertiary/aromatic N) is 2. The van der Waals surface area contributed by atoms with Gasteiger partial charge in [-0.05, 0) is 31.5 Å². The van der Waals surface area contributed by atoms with Gasteiger partial charge >= 0.3 is 6.18 Å². The molecule has 188 valence electrons. The van der Waals surface area contributed by atoms with E-state index in [0.29, 0.717) is 10.6 Å². The molecule has 1 aromatic carbocycles. The van der Waals surface area contributed by atoms with Crippen molar-refractivity contribution in [1.82, 2.24) is 20.6 Å². The minimum atomic E-state index is -4.48. The number of nitrogens with one attached hydrogen (secondary N) is 2. The minimum Gasteiger partial charge on any atom is -0.384 e. The van der Waals surface area contributed by atoms with E-state index in [4.69, 9.17) is 11.6 Å². The van der Waals surface area contributed by atoms with Gasteiger partial charge in [-0.25, -0.2) is 14.4 Å². The first-order valence-corrected chi connectivity index (χ1v) is 12.2. The molecule has 2 aromatic heterocycles. The smallest absolute Gasteiger partial charge is 0.384 e. The molecule has 0 aliphatic carbocycles. The Morgan fingerprint density at radius 1 is 1.20 bits per heavy atom. The molecule has 1 unspecified atom stereocenters. The molecule has 0 bridgehead atoms. The average molecular weight is 551 g/mol. The Labute approximate surface area is 210 Å². The van der Waals surface area contributed by atoms with Crippen molar-refractivity contribution in [3.8, 4) is 10.6 Å². The molecule has 3 aromatic rings. The van der Waals surface area contributed by atoms with Gasteiger partial charge in [-0.2, -0.15) is 13.2 Å². The predicted molar refractivity (Wildman–Crippen MR) is 124 cm³/mol. The lowest BCUT2D eigenvalue weighted by Crippen LogP contribution is -2.49. The Hall–Kier alpha value is -2.61. The third-order valence-electron chi connectivity index (χ3n) is 4.73. The second-order valence-corrected chi connectivity index (χ2v) is 9.86. The molecule has 0 fully saturated rings. The molecule has 3 N–H and O–H groups in total. The Balaban J connectivity index is 1.65. The lowest BCUT2D eigenvalue weighted by molar-refractivity contribution is -0.140. The first kappa shape index (κ1) is 27.0. The minimum absolute atomic E-state index is 0.122. The van der Waals surface area contributed by atoms with Gasteiger partial charge in [0.05, 0.1) is 12.2 Å². The maximum Gasteiger partial charge on any atom is 0.389 e. The van der Waals surface area contributed by atoms with Crippen LogP contribution in [0.2, 0.25) is 5.02 Å². The highest BCUT2D eigenvalue weighted by atomic mass is 35.5. The maximum absolute atomic E-state index is 13.6. The molecule has 3 atom stereocenters. The lowest BCUT2D eigenvalue weighted by atomic mass is 10.0. The zero-order valence-corrected chi connectivity index (χ0v) is 20.4. The van der Waals surface area contributed by atoms with Gasteiger partial charge in [0.25, 0.3) is 5.91 Å². The third kappa shape index (κ3) is 7.69. The highest BCUT2D eigenvalue weighted by Gasteiger charge is 2.33. The summed E-state index contributed by atoms with van der Waals surface area (Å²) in [5.41, 5.74) is 0.369. The molecule has 7 nitrogen and oxygen atoms in total. The first-order valence-electron chi connectivity index (χ1n) is 10.1. The van der Waals surface area contributed by atoms with Crippen LogP contribution < -0.4 is 10.6 Å². The monoisotopic (exact) mass is 550 g/mol. The van der Waals surface area contributed by atoms with Gasteiger partial charge in [0, 0.05) is 28.6 Å². The molecule has 0 spiro atoms. The molecule has 0 aliphatic rings. The Morgan fingerprint density at radius 3 is 2.57 bits per heavy atom. The number of thiazole rings is 2. The summed E-state index contributed by atoms with van der Waals surface area (Å²) in [7, 11) is 0. The number of carbonyl (C=O) groups is 2. The predicted octanol–water partition coefficient (Wildman–Crippen LogP) is 4.74. The molecule has 0 saturated carbocycles. The van der Waals surface area contributed by atoms with Crippen LogP contribution in [0.5, 0.6) is 0 Å². The molecule has 2 amide bonds. The van der Waals surface area contributed by atoms with Crippen LogP contribution in [0.4, 0.5) is 17.6 Å². The molecule has 3 rings (SSSR count). The van der Waals surface area contributed by atoms with Gasteiger partial charge < -0.3 is 15.7 Å². The molecule has 2 heterocycles. The number of hydrogen-bond acceptors (Lipinski definition) is 7. The number of alkyl halides is 3. The van der Waals surface area contributed by atoms with Crippen molar-refractivity contribution in [2.24, 2.45) is 0 Å². The number of hydrogen-bond donors (Lipinski definition) is 3. The number of rotatable bonds is 9. The topological polar surface area (TPSA) is 104 Å². The van der Waals surface area contributed by atoms with E-state index in [-0.39, 0.29) is 14.9 Å².